The van der Waals surface area contributed by atoms with Gasteiger partial charge in [0.1, 0.15) is 0 Å². The molecular formula is C28H26Cl2N8. The molecule has 38 heavy (non-hydrogen) atoms. The third kappa shape index (κ3) is 6.04. The van der Waals surface area contributed by atoms with E-state index in [9.17, 15) is 0 Å². The summed E-state index contributed by atoms with van der Waals surface area (Å²) in [5, 5.41) is 10.0. The number of benzene rings is 3. The molecule has 0 unspecified atom stereocenters. The van der Waals surface area contributed by atoms with Crippen LogP contribution in [0.4, 0.5) is 17.8 Å². The first kappa shape index (κ1) is 25.5. The van der Waals surface area contributed by atoms with E-state index in [0.717, 1.165) is 27.6 Å². The van der Waals surface area contributed by atoms with Crippen LogP contribution in [0.5, 0.6) is 0 Å². The number of nitrogens with one attached hydrogen (secondary N) is 2. The average Bonchev–Trinajstić information content (AvgIpc) is 3.27. The van der Waals surface area contributed by atoms with E-state index in [-0.39, 0.29) is 0 Å². The molecule has 0 radical (unpaired) electrons. The summed E-state index contributed by atoms with van der Waals surface area (Å²) in [6.45, 7) is 1.20. The summed E-state index contributed by atoms with van der Waals surface area (Å²) in [7, 11) is 3.76. The van der Waals surface area contributed by atoms with Crippen molar-refractivity contribution in [1.82, 2.24) is 19.5 Å². The molecule has 5 aromatic rings. The number of nitrogens with zero attached hydrogens (tertiary/aromatic N) is 6. The number of fused-ring (bicyclic) bond motifs is 1. The van der Waals surface area contributed by atoms with Crippen molar-refractivity contribution in [3.05, 3.63) is 106 Å². The van der Waals surface area contributed by atoms with Gasteiger partial charge in [-0.1, -0.05) is 77.8 Å². The highest BCUT2D eigenvalue weighted by molar-refractivity contribution is 6.35. The van der Waals surface area contributed by atoms with Crippen molar-refractivity contribution in [2.24, 2.45) is 5.10 Å². The molecule has 2 heterocycles. The van der Waals surface area contributed by atoms with Gasteiger partial charge in [-0.05, 0) is 29.3 Å². The standard InChI is InChI=1S/C28H26Cl2N8/c1-37(2)28-34-26(31-15-19-8-4-3-5-9-19)33-27(35-28)36-32-16-21-18-38(25-11-7-6-10-23(21)25)17-20-12-13-22(29)14-24(20)30/h3-14,16,18H,15,17H2,1-2H3,(H2,31,33,34,35,36). The van der Waals surface area contributed by atoms with E-state index in [2.05, 4.69) is 47.5 Å². The van der Waals surface area contributed by atoms with Crippen LogP contribution < -0.4 is 15.6 Å². The maximum Gasteiger partial charge on any atom is 0.250 e. The fourth-order valence-corrected chi connectivity index (χ4v) is 4.44. The molecule has 10 heteroatoms. The average molecular weight is 545 g/mol. The van der Waals surface area contributed by atoms with Gasteiger partial charge in [-0.25, -0.2) is 5.43 Å². The summed E-state index contributed by atoms with van der Waals surface area (Å²) in [4.78, 5) is 15.3. The van der Waals surface area contributed by atoms with Gasteiger partial charge in [0.05, 0.1) is 6.21 Å². The van der Waals surface area contributed by atoms with E-state index >= 15 is 0 Å². The van der Waals surface area contributed by atoms with E-state index in [4.69, 9.17) is 23.2 Å². The van der Waals surface area contributed by atoms with Crippen LogP contribution in [0.15, 0.2) is 84.1 Å². The first-order valence-electron chi connectivity index (χ1n) is 12.0. The van der Waals surface area contributed by atoms with Gasteiger partial charge in [-0.2, -0.15) is 20.1 Å². The Morgan fingerprint density at radius 3 is 2.47 bits per heavy atom. The lowest BCUT2D eigenvalue weighted by Crippen LogP contribution is -2.16. The Morgan fingerprint density at radius 2 is 1.68 bits per heavy atom. The minimum Gasteiger partial charge on any atom is -0.350 e. The molecule has 0 aliphatic heterocycles. The van der Waals surface area contributed by atoms with Gasteiger partial charge < -0.3 is 14.8 Å². The molecule has 0 spiro atoms. The van der Waals surface area contributed by atoms with Crippen LogP contribution in [0.1, 0.15) is 16.7 Å². The zero-order chi connectivity index (χ0) is 26.5. The smallest absolute Gasteiger partial charge is 0.250 e. The Bertz CT molecular complexity index is 1580. The van der Waals surface area contributed by atoms with Crippen molar-refractivity contribution in [3.63, 3.8) is 0 Å². The molecule has 5 rings (SSSR count). The van der Waals surface area contributed by atoms with E-state index in [1.54, 1.807) is 12.3 Å². The first-order valence-corrected chi connectivity index (χ1v) is 12.7. The maximum absolute atomic E-state index is 6.43. The summed E-state index contributed by atoms with van der Waals surface area (Å²) < 4.78 is 2.14. The largest absolute Gasteiger partial charge is 0.350 e. The lowest BCUT2D eigenvalue weighted by Gasteiger charge is -2.13. The third-order valence-electron chi connectivity index (χ3n) is 5.86. The van der Waals surface area contributed by atoms with Gasteiger partial charge in [-0.15, -0.1) is 0 Å². The number of hydrogen-bond donors (Lipinski definition) is 2. The van der Waals surface area contributed by atoms with Gasteiger partial charge in [-0.3, -0.25) is 0 Å². The van der Waals surface area contributed by atoms with Crippen molar-refractivity contribution >= 4 is 58.2 Å². The van der Waals surface area contributed by atoms with E-state index in [1.807, 2.05) is 79.8 Å². The quantitative estimate of drug-likeness (QED) is 0.167. The fraction of sp³-hybridized carbons (Fsp3) is 0.143. The van der Waals surface area contributed by atoms with Crippen molar-refractivity contribution in [1.29, 1.82) is 0 Å². The van der Waals surface area contributed by atoms with E-state index < -0.39 is 0 Å². The molecule has 0 amide bonds. The molecule has 2 N–H and O–H groups in total. The molecule has 0 aliphatic carbocycles. The highest BCUT2D eigenvalue weighted by atomic mass is 35.5. The Kier molecular flexibility index (Phi) is 7.72. The van der Waals surface area contributed by atoms with Crippen LogP contribution >= 0.6 is 23.2 Å². The summed E-state index contributed by atoms with van der Waals surface area (Å²) in [6.07, 6.45) is 3.81. The SMILES string of the molecule is CN(C)c1nc(NCc2ccccc2)nc(NN=Cc2cn(Cc3ccc(Cl)cc3Cl)c3ccccc23)n1. The van der Waals surface area contributed by atoms with Gasteiger partial charge in [0.25, 0.3) is 0 Å². The Morgan fingerprint density at radius 1 is 0.921 bits per heavy atom. The van der Waals surface area contributed by atoms with Gasteiger partial charge >= 0.3 is 0 Å². The number of rotatable bonds is 9. The molecule has 0 bridgehead atoms. The lowest BCUT2D eigenvalue weighted by molar-refractivity contribution is 0.836. The van der Waals surface area contributed by atoms with Gasteiger partial charge in [0.15, 0.2) is 0 Å². The number of hydrogen-bond acceptors (Lipinski definition) is 7. The first-order chi connectivity index (χ1) is 18.5. The predicted molar refractivity (Wildman–Crippen MR) is 157 cm³/mol. The van der Waals surface area contributed by atoms with Gasteiger partial charge in [0.2, 0.25) is 17.8 Å². The second-order valence-electron chi connectivity index (χ2n) is 8.85. The van der Waals surface area contributed by atoms with Crippen LogP contribution in [0, 0.1) is 0 Å². The van der Waals surface area contributed by atoms with Crippen molar-refractivity contribution in [2.75, 3.05) is 29.7 Å². The molecule has 192 valence electrons. The number of hydrazone groups is 1. The minimum absolute atomic E-state index is 0.340. The number of anilines is 3. The molecule has 8 nitrogen and oxygen atoms in total. The molecule has 0 saturated carbocycles. The summed E-state index contributed by atoms with van der Waals surface area (Å²) in [5.41, 5.74) is 7.09. The molecule has 0 saturated heterocycles. The molecule has 0 atom stereocenters. The maximum atomic E-state index is 6.43. The zero-order valence-corrected chi connectivity index (χ0v) is 22.4. The number of aromatic nitrogens is 4. The highest BCUT2D eigenvalue weighted by Crippen LogP contribution is 2.26. The topological polar surface area (TPSA) is 83.3 Å². The minimum atomic E-state index is 0.340. The predicted octanol–water partition coefficient (Wildman–Crippen LogP) is 6.31. The fourth-order valence-electron chi connectivity index (χ4n) is 3.97. The summed E-state index contributed by atoms with van der Waals surface area (Å²) in [6, 6.07) is 23.8. The van der Waals surface area contributed by atoms with Gasteiger partial charge in [0, 0.05) is 59.9 Å². The van der Waals surface area contributed by atoms with Crippen LogP contribution in [0.2, 0.25) is 10.0 Å². The molecule has 2 aromatic heterocycles. The molecular weight excluding hydrogens is 519 g/mol. The second kappa shape index (κ2) is 11.5. The van der Waals surface area contributed by atoms with Crippen LogP contribution in [0.3, 0.4) is 0 Å². The van der Waals surface area contributed by atoms with Crippen LogP contribution in [0.25, 0.3) is 10.9 Å². The van der Waals surface area contributed by atoms with Crippen molar-refractivity contribution in [2.45, 2.75) is 13.1 Å². The zero-order valence-electron chi connectivity index (χ0n) is 20.9. The second-order valence-corrected chi connectivity index (χ2v) is 9.70. The third-order valence-corrected chi connectivity index (χ3v) is 6.45. The van der Waals surface area contributed by atoms with Crippen molar-refractivity contribution < 1.29 is 0 Å². The number of para-hydroxylation sites is 1. The van der Waals surface area contributed by atoms with Crippen LogP contribution in [-0.4, -0.2) is 39.8 Å². The summed E-state index contributed by atoms with van der Waals surface area (Å²) in [5.74, 6) is 1.32. The normalized spacial score (nSPS) is 11.3. The van der Waals surface area contributed by atoms with E-state index in [0.29, 0.717) is 41.0 Å². The molecule has 0 aliphatic rings. The van der Waals surface area contributed by atoms with E-state index in [1.165, 1.54) is 0 Å². The van der Waals surface area contributed by atoms with Crippen LogP contribution in [-0.2, 0) is 13.1 Å². The highest BCUT2D eigenvalue weighted by Gasteiger charge is 2.11. The number of halogens is 2. The molecule has 0 fully saturated rings. The Hall–Kier alpha value is -4.14. The summed E-state index contributed by atoms with van der Waals surface area (Å²) >= 11 is 12.5. The monoisotopic (exact) mass is 544 g/mol. The molecule has 3 aromatic carbocycles. The van der Waals surface area contributed by atoms with Crippen molar-refractivity contribution in [3.8, 4) is 0 Å². The lowest BCUT2D eigenvalue weighted by atomic mass is 10.2. The Balaban J connectivity index is 1.36. The Labute approximate surface area is 231 Å².